The Balaban J connectivity index is 1.96. The molecule has 0 saturated heterocycles. The average molecular weight is 368 g/mol. The van der Waals surface area contributed by atoms with Gasteiger partial charge in [0.2, 0.25) is 5.95 Å². The second-order valence-electron chi connectivity index (χ2n) is 7.05. The smallest absolute Gasteiger partial charge is 0.227 e. The zero-order chi connectivity index (χ0) is 19.4. The van der Waals surface area contributed by atoms with Crippen molar-refractivity contribution in [2.75, 3.05) is 10.6 Å². The molecule has 3 N–H and O–H groups in total. The Morgan fingerprint density at radius 3 is 2.48 bits per heavy atom. The molecule has 0 radical (unpaired) electrons. The van der Waals surface area contributed by atoms with Gasteiger partial charge in [-0.05, 0) is 32.8 Å². The first-order valence-electron chi connectivity index (χ1n) is 9.46. The highest BCUT2D eigenvalue weighted by Gasteiger charge is 2.18. The van der Waals surface area contributed by atoms with Gasteiger partial charge in [0.1, 0.15) is 0 Å². The number of aliphatic hydroxyl groups is 1. The van der Waals surface area contributed by atoms with Crippen molar-refractivity contribution in [2.45, 2.75) is 58.8 Å². The number of benzene rings is 1. The Morgan fingerprint density at radius 2 is 1.85 bits per heavy atom. The van der Waals surface area contributed by atoms with Crippen molar-refractivity contribution in [3.63, 3.8) is 0 Å². The molecule has 0 aliphatic carbocycles. The van der Waals surface area contributed by atoms with E-state index in [9.17, 15) is 5.11 Å². The SMILES string of the molecule is CC[C@H](Nc1nc(NCc2ccccc2)c2ncn(C(C)C)c2n1)[C@H](C)O. The zero-order valence-corrected chi connectivity index (χ0v) is 16.3. The van der Waals surface area contributed by atoms with Gasteiger partial charge >= 0.3 is 0 Å². The molecule has 2 heterocycles. The van der Waals surface area contributed by atoms with Crippen LogP contribution in [0.2, 0.25) is 0 Å². The molecule has 0 amide bonds. The van der Waals surface area contributed by atoms with Crippen LogP contribution in [0.25, 0.3) is 11.2 Å². The Labute approximate surface area is 159 Å². The highest BCUT2D eigenvalue weighted by Crippen LogP contribution is 2.24. The molecule has 2 aromatic heterocycles. The van der Waals surface area contributed by atoms with Gasteiger partial charge in [-0.3, -0.25) is 0 Å². The maximum atomic E-state index is 9.96. The fraction of sp³-hybridized carbons (Fsp3) is 0.450. The molecule has 0 aliphatic heterocycles. The minimum atomic E-state index is -0.495. The number of hydrogen-bond donors (Lipinski definition) is 3. The number of fused-ring (bicyclic) bond motifs is 1. The van der Waals surface area contributed by atoms with Crippen LogP contribution in [0, 0.1) is 0 Å². The number of nitrogens with one attached hydrogen (secondary N) is 2. The lowest BCUT2D eigenvalue weighted by Gasteiger charge is -2.20. The van der Waals surface area contributed by atoms with Gasteiger partial charge in [0.15, 0.2) is 17.0 Å². The van der Waals surface area contributed by atoms with Crippen LogP contribution in [0.4, 0.5) is 11.8 Å². The van der Waals surface area contributed by atoms with Crippen molar-refractivity contribution in [3.8, 4) is 0 Å². The van der Waals surface area contributed by atoms with Crippen LogP contribution < -0.4 is 10.6 Å². The molecule has 0 saturated carbocycles. The molecule has 0 unspecified atom stereocenters. The van der Waals surface area contributed by atoms with Gasteiger partial charge in [-0.15, -0.1) is 0 Å². The number of imidazole rings is 1. The highest BCUT2D eigenvalue weighted by molar-refractivity contribution is 5.84. The van der Waals surface area contributed by atoms with E-state index in [0.29, 0.717) is 18.3 Å². The first-order valence-corrected chi connectivity index (χ1v) is 9.46. The second-order valence-corrected chi connectivity index (χ2v) is 7.05. The van der Waals surface area contributed by atoms with Gasteiger partial charge in [-0.1, -0.05) is 37.3 Å². The summed E-state index contributed by atoms with van der Waals surface area (Å²) in [5.41, 5.74) is 2.69. The van der Waals surface area contributed by atoms with E-state index in [4.69, 9.17) is 0 Å². The third-order valence-electron chi connectivity index (χ3n) is 4.62. The third kappa shape index (κ3) is 4.36. The first-order chi connectivity index (χ1) is 13.0. The van der Waals surface area contributed by atoms with Crippen molar-refractivity contribution in [3.05, 3.63) is 42.2 Å². The summed E-state index contributed by atoms with van der Waals surface area (Å²) in [4.78, 5) is 13.8. The molecule has 2 atom stereocenters. The van der Waals surface area contributed by atoms with Crippen LogP contribution in [0.1, 0.15) is 45.7 Å². The maximum absolute atomic E-state index is 9.96. The summed E-state index contributed by atoms with van der Waals surface area (Å²) in [6.45, 7) is 8.63. The summed E-state index contributed by atoms with van der Waals surface area (Å²) in [7, 11) is 0. The van der Waals surface area contributed by atoms with Crippen molar-refractivity contribution < 1.29 is 5.11 Å². The van der Waals surface area contributed by atoms with Crippen LogP contribution in [0.3, 0.4) is 0 Å². The lowest BCUT2D eigenvalue weighted by Crippen LogP contribution is -2.31. The topological polar surface area (TPSA) is 87.9 Å². The molecule has 27 heavy (non-hydrogen) atoms. The molecule has 0 fully saturated rings. The average Bonchev–Trinajstić information content (AvgIpc) is 3.09. The molecular weight excluding hydrogens is 340 g/mol. The van der Waals surface area contributed by atoms with E-state index >= 15 is 0 Å². The molecule has 7 heteroatoms. The molecule has 7 nitrogen and oxygen atoms in total. The third-order valence-corrected chi connectivity index (χ3v) is 4.62. The predicted molar refractivity (Wildman–Crippen MR) is 109 cm³/mol. The Hall–Kier alpha value is -2.67. The number of aliphatic hydroxyl groups excluding tert-OH is 1. The maximum Gasteiger partial charge on any atom is 0.227 e. The van der Waals surface area contributed by atoms with E-state index in [0.717, 1.165) is 23.1 Å². The molecule has 3 rings (SSSR count). The van der Waals surface area contributed by atoms with Crippen LogP contribution in [-0.4, -0.2) is 36.8 Å². The lowest BCUT2D eigenvalue weighted by molar-refractivity contribution is 0.169. The van der Waals surface area contributed by atoms with Gasteiger partial charge in [0.05, 0.1) is 18.5 Å². The molecule has 0 bridgehead atoms. The van der Waals surface area contributed by atoms with Gasteiger partial charge in [-0.25, -0.2) is 4.98 Å². The largest absolute Gasteiger partial charge is 0.391 e. The first kappa shape index (κ1) is 19.1. The van der Waals surface area contributed by atoms with Gasteiger partial charge in [-0.2, -0.15) is 9.97 Å². The minimum absolute atomic E-state index is 0.111. The van der Waals surface area contributed by atoms with E-state index in [1.165, 1.54) is 0 Å². The van der Waals surface area contributed by atoms with E-state index in [2.05, 4.69) is 51.6 Å². The standard InChI is InChI=1S/C20H28N6O/c1-5-16(14(4)27)23-20-24-18(21-11-15-9-7-6-8-10-15)17-19(25-20)26(12-22-17)13(2)3/h6-10,12-14,16,27H,5,11H2,1-4H3,(H2,21,23,24,25)/t14-,16-/m0/s1. The minimum Gasteiger partial charge on any atom is -0.391 e. The quantitative estimate of drug-likeness (QED) is 0.563. The summed E-state index contributed by atoms with van der Waals surface area (Å²) in [6.07, 6.45) is 2.08. The van der Waals surface area contributed by atoms with E-state index in [1.54, 1.807) is 13.3 Å². The summed E-state index contributed by atoms with van der Waals surface area (Å²) >= 11 is 0. The van der Waals surface area contributed by atoms with E-state index in [1.807, 2.05) is 29.7 Å². The fourth-order valence-electron chi connectivity index (χ4n) is 2.99. The molecular formula is C20H28N6O. The van der Waals surface area contributed by atoms with Gasteiger partial charge in [0, 0.05) is 12.6 Å². The van der Waals surface area contributed by atoms with Crippen molar-refractivity contribution in [2.24, 2.45) is 0 Å². The van der Waals surface area contributed by atoms with Gasteiger partial charge in [0.25, 0.3) is 0 Å². The monoisotopic (exact) mass is 368 g/mol. The molecule has 1 aromatic carbocycles. The number of nitrogens with zero attached hydrogens (tertiary/aromatic N) is 4. The van der Waals surface area contributed by atoms with Gasteiger partial charge < -0.3 is 20.3 Å². The number of aromatic nitrogens is 4. The summed E-state index contributed by atoms with van der Waals surface area (Å²) < 4.78 is 2.03. The fourth-order valence-corrected chi connectivity index (χ4v) is 2.99. The summed E-state index contributed by atoms with van der Waals surface area (Å²) in [6, 6.07) is 10.3. The molecule has 0 spiro atoms. The summed E-state index contributed by atoms with van der Waals surface area (Å²) in [5, 5.41) is 16.6. The summed E-state index contributed by atoms with van der Waals surface area (Å²) in [5.74, 6) is 1.18. The predicted octanol–water partition coefficient (Wildman–Crippen LogP) is 3.59. The molecule has 144 valence electrons. The number of anilines is 2. The van der Waals surface area contributed by atoms with Crippen molar-refractivity contribution in [1.29, 1.82) is 0 Å². The van der Waals surface area contributed by atoms with E-state index < -0.39 is 6.10 Å². The normalized spacial score (nSPS) is 13.7. The molecule has 0 aliphatic rings. The Bertz CT molecular complexity index is 875. The van der Waals surface area contributed by atoms with Crippen LogP contribution in [0.5, 0.6) is 0 Å². The van der Waals surface area contributed by atoms with Crippen LogP contribution in [-0.2, 0) is 6.54 Å². The molecule has 3 aromatic rings. The number of hydrogen-bond acceptors (Lipinski definition) is 6. The van der Waals surface area contributed by atoms with Crippen LogP contribution >= 0.6 is 0 Å². The van der Waals surface area contributed by atoms with Crippen molar-refractivity contribution in [1.82, 2.24) is 19.5 Å². The van der Waals surface area contributed by atoms with Crippen LogP contribution in [0.15, 0.2) is 36.7 Å². The van der Waals surface area contributed by atoms with Crippen molar-refractivity contribution >= 4 is 22.9 Å². The zero-order valence-electron chi connectivity index (χ0n) is 16.3. The van der Waals surface area contributed by atoms with E-state index in [-0.39, 0.29) is 12.1 Å². The second kappa shape index (κ2) is 8.35. The number of rotatable bonds is 8. The highest BCUT2D eigenvalue weighted by atomic mass is 16.3. The Morgan fingerprint density at radius 1 is 1.11 bits per heavy atom. The Kier molecular flexibility index (Phi) is 5.91. The lowest BCUT2D eigenvalue weighted by atomic mass is 10.1.